The van der Waals surface area contributed by atoms with Crippen molar-refractivity contribution in [2.75, 3.05) is 17.1 Å². The summed E-state index contributed by atoms with van der Waals surface area (Å²) in [5, 5.41) is 4.69. The molecule has 0 bridgehead atoms. The van der Waals surface area contributed by atoms with Gasteiger partial charge in [-0.05, 0) is 56.3 Å². The summed E-state index contributed by atoms with van der Waals surface area (Å²) < 4.78 is 66.0. The second-order valence-corrected chi connectivity index (χ2v) is 10.6. The number of sulfonamides is 1. The molecule has 1 amide bonds. The number of nitrogens with one attached hydrogen (secondary N) is 1. The monoisotopic (exact) mass is 560 g/mol. The maximum atomic E-state index is 13.0. The fourth-order valence-corrected chi connectivity index (χ4v) is 4.66. The van der Waals surface area contributed by atoms with E-state index in [1.54, 1.807) is 18.2 Å². The average molecular weight is 561 g/mol. The molecule has 36 heavy (non-hydrogen) atoms. The standard InChI is InChI=1S/C23H21Cl2F3N4O3S/c1-14-9-16(15(2)32(14)19-7-8-20(24)21(25)11-19)12-29-30-22(33)13-31(36(3,34)35)18-6-4-5-17(10-18)23(26,27)28/h4-12H,13H2,1-3H3,(H,30,33)/b29-12-. The third-order valence-corrected chi connectivity index (χ3v) is 7.05. The number of carbonyl (C=O) groups excluding carboxylic acids is 1. The number of rotatable bonds is 7. The van der Waals surface area contributed by atoms with Crippen LogP contribution in [0.25, 0.3) is 5.69 Å². The number of benzene rings is 2. The van der Waals surface area contributed by atoms with Crippen LogP contribution in [0.3, 0.4) is 0 Å². The van der Waals surface area contributed by atoms with E-state index in [9.17, 15) is 26.4 Å². The van der Waals surface area contributed by atoms with Gasteiger partial charge in [0.2, 0.25) is 10.0 Å². The van der Waals surface area contributed by atoms with E-state index in [1.807, 2.05) is 24.5 Å². The number of hydrogen-bond donors (Lipinski definition) is 1. The Morgan fingerprint density at radius 1 is 1.11 bits per heavy atom. The van der Waals surface area contributed by atoms with Gasteiger partial charge in [0.05, 0.1) is 33.8 Å². The quantitative estimate of drug-likeness (QED) is 0.313. The lowest BCUT2D eigenvalue weighted by Gasteiger charge is -2.22. The Morgan fingerprint density at radius 2 is 1.81 bits per heavy atom. The molecule has 0 unspecified atom stereocenters. The molecule has 2 aromatic carbocycles. The molecular formula is C23H21Cl2F3N4O3S. The molecule has 1 N–H and O–H groups in total. The Kier molecular flexibility index (Phi) is 8.07. The Balaban J connectivity index is 1.77. The van der Waals surface area contributed by atoms with Crippen LogP contribution in [-0.4, -0.2) is 37.9 Å². The van der Waals surface area contributed by atoms with Gasteiger partial charge in [-0.2, -0.15) is 18.3 Å². The highest BCUT2D eigenvalue weighted by molar-refractivity contribution is 7.92. The van der Waals surface area contributed by atoms with Gasteiger partial charge < -0.3 is 4.57 Å². The zero-order valence-electron chi connectivity index (χ0n) is 19.3. The fraction of sp³-hybridized carbons (Fsp3) is 0.217. The number of aromatic nitrogens is 1. The molecule has 13 heteroatoms. The first-order valence-electron chi connectivity index (χ1n) is 10.3. The lowest BCUT2D eigenvalue weighted by atomic mass is 10.2. The molecule has 3 rings (SSSR count). The zero-order valence-corrected chi connectivity index (χ0v) is 21.6. The third-order valence-electron chi connectivity index (χ3n) is 5.17. The molecule has 0 aliphatic carbocycles. The topological polar surface area (TPSA) is 83.8 Å². The lowest BCUT2D eigenvalue weighted by molar-refractivity contribution is -0.137. The van der Waals surface area contributed by atoms with Crippen molar-refractivity contribution in [3.8, 4) is 5.69 Å². The van der Waals surface area contributed by atoms with Crippen molar-refractivity contribution < 1.29 is 26.4 Å². The van der Waals surface area contributed by atoms with Crippen LogP contribution in [0, 0.1) is 13.8 Å². The lowest BCUT2D eigenvalue weighted by Crippen LogP contribution is -2.39. The van der Waals surface area contributed by atoms with E-state index >= 15 is 0 Å². The van der Waals surface area contributed by atoms with E-state index in [2.05, 4.69) is 10.5 Å². The molecule has 0 aliphatic rings. The van der Waals surface area contributed by atoms with E-state index < -0.39 is 34.2 Å². The van der Waals surface area contributed by atoms with Crippen LogP contribution in [0.2, 0.25) is 10.0 Å². The Hall–Kier alpha value is -3.02. The zero-order chi connectivity index (χ0) is 26.8. The summed E-state index contributed by atoms with van der Waals surface area (Å²) in [7, 11) is -4.07. The largest absolute Gasteiger partial charge is 0.416 e. The van der Waals surface area contributed by atoms with Gasteiger partial charge in [-0.1, -0.05) is 29.3 Å². The fourth-order valence-electron chi connectivity index (χ4n) is 3.52. The van der Waals surface area contributed by atoms with Gasteiger partial charge in [0.15, 0.2) is 0 Å². The summed E-state index contributed by atoms with van der Waals surface area (Å²) in [5.74, 6) is -0.840. The molecular weight excluding hydrogens is 540 g/mol. The van der Waals surface area contributed by atoms with Gasteiger partial charge in [0.1, 0.15) is 6.54 Å². The van der Waals surface area contributed by atoms with E-state index in [0.717, 1.165) is 35.5 Å². The minimum atomic E-state index is -4.67. The number of aryl methyl sites for hydroxylation is 1. The Morgan fingerprint density at radius 3 is 2.42 bits per heavy atom. The molecule has 0 saturated carbocycles. The molecule has 0 saturated heterocycles. The smallest absolute Gasteiger partial charge is 0.318 e. The number of anilines is 1. The highest BCUT2D eigenvalue weighted by Gasteiger charge is 2.32. The van der Waals surface area contributed by atoms with Gasteiger partial charge in [-0.15, -0.1) is 0 Å². The van der Waals surface area contributed by atoms with Crippen molar-refractivity contribution in [1.29, 1.82) is 0 Å². The Labute approximate surface area is 216 Å². The van der Waals surface area contributed by atoms with E-state index in [1.165, 1.54) is 12.3 Å². The highest BCUT2D eigenvalue weighted by atomic mass is 35.5. The average Bonchev–Trinajstić information content (AvgIpc) is 3.06. The van der Waals surface area contributed by atoms with Crippen LogP contribution < -0.4 is 9.73 Å². The molecule has 7 nitrogen and oxygen atoms in total. The molecule has 0 radical (unpaired) electrons. The first-order valence-corrected chi connectivity index (χ1v) is 12.9. The van der Waals surface area contributed by atoms with Crippen molar-refractivity contribution in [2.45, 2.75) is 20.0 Å². The van der Waals surface area contributed by atoms with Crippen molar-refractivity contribution >= 4 is 51.0 Å². The van der Waals surface area contributed by atoms with Gasteiger partial charge in [-0.3, -0.25) is 9.10 Å². The van der Waals surface area contributed by atoms with E-state index in [4.69, 9.17) is 23.2 Å². The van der Waals surface area contributed by atoms with Gasteiger partial charge >= 0.3 is 6.18 Å². The molecule has 1 aromatic heterocycles. The number of halogens is 5. The van der Waals surface area contributed by atoms with E-state index in [0.29, 0.717) is 26.0 Å². The summed E-state index contributed by atoms with van der Waals surface area (Å²) in [5.41, 5.74) is 3.95. The first-order chi connectivity index (χ1) is 16.7. The van der Waals surface area contributed by atoms with Crippen molar-refractivity contribution in [1.82, 2.24) is 9.99 Å². The minimum Gasteiger partial charge on any atom is -0.318 e. The highest BCUT2D eigenvalue weighted by Crippen LogP contribution is 2.32. The summed E-state index contributed by atoms with van der Waals surface area (Å²) in [4.78, 5) is 12.4. The molecule has 1 heterocycles. The molecule has 0 aliphatic heterocycles. The summed E-state index contributed by atoms with van der Waals surface area (Å²) in [6, 6.07) is 10.7. The summed E-state index contributed by atoms with van der Waals surface area (Å²) >= 11 is 12.1. The number of amides is 1. The molecule has 192 valence electrons. The van der Waals surface area contributed by atoms with Crippen LogP contribution in [0.1, 0.15) is 22.5 Å². The summed E-state index contributed by atoms with van der Waals surface area (Å²) in [6.45, 7) is 2.93. The first kappa shape index (κ1) is 27.6. The molecule has 0 atom stereocenters. The predicted octanol–water partition coefficient (Wildman–Crippen LogP) is 5.34. The van der Waals surface area contributed by atoms with Gasteiger partial charge in [0, 0.05) is 22.6 Å². The van der Waals surface area contributed by atoms with Crippen LogP contribution >= 0.6 is 23.2 Å². The Bertz CT molecular complexity index is 1440. The number of hydrogen-bond acceptors (Lipinski definition) is 4. The second-order valence-electron chi connectivity index (χ2n) is 7.87. The van der Waals surface area contributed by atoms with Crippen LogP contribution in [0.4, 0.5) is 18.9 Å². The summed E-state index contributed by atoms with van der Waals surface area (Å²) in [6.07, 6.45) is -2.50. The van der Waals surface area contributed by atoms with Crippen LogP contribution in [-0.2, 0) is 21.0 Å². The van der Waals surface area contributed by atoms with Crippen molar-refractivity contribution in [3.05, 3.63) is 81.1 Å². The number of carbonyl (C=O) groups is 1. The second kappa shape index (κ2) is 10.5. The minimum absolute atomic E-state index is 0.295. The van der Waals surface area contributed by atoms with Crippen molar-refractivity contribution in [2.24, 2.45) is 5.10 Å². The maximum Gasteiger partial charge on any atom is 0.416 e. The number of hydrazone groups is 1. The molecule has 0 fully saturated rings. The maximum absolute atomic E-state index is 13.0. The van der Waals surface area contributed by atoms with Gasteiger partial charge in [0.25, 0.3) is 5.91 Å². The van der Waals surface area contributed by atoms with Crippen LogP contribution in [0.5, 0.6) is 0 Å². The SMILES string of the molecule is Cc1cc(/C=N\NC(=O)CN(c2cccc(C(F)(F)F)c2)S(C)(=O)=O)c(C)n1-c1ccc(Cl)c(Cl)c1. The normalized spacial score (nSPS) is 12.2. The van der Waals surface area contributed by atoms with E-state index in [-0.39, 0.29) is 5.69 Å². The van der Waals surface area contributed by atoms with Crippen molar-refractivity contribution in [3.63, 3.8) is 0 Å². The molecule has 3 aromatic rings. The van der Waals surface area contributed by atoms with Crippen LogP contribution in [0.15, 0.2) is 53.6 Å². The number of nitrogens with zero attached hydrogens (tertiary/aromatic N) is 3. The predicted molar refractivity (Wildman–Crippen MR) is 135 cm³/mol. The molecule has 0 spiro atoms. The number of alkyl halides is 3. The van der Waals surface area contributed by atoms with Gasteiger partial charge in [-0.25, -0.2) is 13.8 Å². The third kappa shape index (κ3) is 6.40.